The molecule has 1 aromatic rings. The largest absolute Gasteiger partial charge is 0.507 e. The summed E-state index contributed by atoms with van der Waals surface area (Å²) in [6.07, 6.45) is -4.62. The summed E-state index contributed by atoms with van der Waals surface area (Å²) in [7, 11) is 0. The van der Waals surface area contributed by atoms with E-state index in [0.29, 0.717) is 3.57 Å². The number of ether oxygens (including phenoxy) is 1. The van der Waals surface area contributed by atoms with Gasteiger partial charge in [0, 0.05) is 0 Å². The monoisotopic (exact) mass is 332 g/mol. The van der Waals surface area contributed by atoms with Crippen molar-refractivity contribution in [1.82, 2.24) is 0 Å². The molecule has 1 N–H and O–H groups in total. The van der Waals surface area contributed by atoms with Gasteiger partial charge in [0.05, 0.1) is 10.2 Å². The molecule has 2 nitrogen and oxygen atoms in total. The highest BCUT2D eigenvalue weighted by Gasteiger charge is 2.38. The first-order valence-electron chi connectivity index (χ1n) is 4.09. The predicted octanol–water partition coefficient (Wildman–Crippen LogP) is 3.41. The van der Waals surface area contributed by atoms with Crippen molar-refractivity contribution in [2.75, 3.05) is 6.61 Å². The van der Waals surface area contributed by atoms with Crippen LogP contribution in [0.3, 0.4) is 0 Å². The van der Waals surface area contributed by atoms with E-state index < -0.39 is 17.5 Å². The summed E-state index contributed by atoms with van der Waals surface area (Å²) in [5.74, 6) is -1.13. The van der Waals surface area contributed by atoms with Crippen LogP contribution < -0.4 is 4.74 Å². The van der Waals surface area contributed by atoms with E-state index in [9.17, 15) is 18.3 Å². The number of phenols is 1. The Balaban J connectivity index is 3.38. The summed E-state index contributed by atoms with van der Waals surface area (Å²) in [4.78, 5) is 0. The molecule has 0 bridgehead atoms. The molecule has 0 unspecified atom stereocenters. The van der Waals surface area contributed by atoms with Crippen molar-refractivity contribution in [2.24, 2.45) is 0 Å². The van der Waals surface area contributed by atoms with Crippen molar-refractivity contribution in [3.63, 3.8) is 0 Å². The second kappa shape index (κ2) is 4.46. The van der Waals surface area contributed by atoms with E-state index in [4.69, 9.17) is 4.74 Å². The zero-order valence-corrected chi connectivity index (χ0v) is 9.89. The fourth-order valence-corrected chi connectivity index (χ4v) is 1.71. The predicted molar refractivity (Wildman–Crippen MR) is 57.0 cm³/mol. The third kappa shape index (κ3) is 2.67. The third-order valence-electron chi connectivity index (χ3n) is 1.66. The average molecular weight is 332 g/mol. The van der Waals surface area contributed by atoms with Crippen molar-refractivity contribution in [3.8, 4) is 11.5 Å². The van der Waals surface area contributed by atoms with Crippen LogP contribution in [0.2, 0.25) is 0 Å². The zero-order valence-electron chi connectivity index (χ0n) is 7.73. The fourth-order valence-electron chi connectivity index (χ4n) is 1.11. The molecule has 0 radical (unpaired) electrons. The Morgan fingerprint density at radius 1 is 1.40 bits per heavy atom. The lowest BCUT2D eigenvalue weighted by Gasteiger charge is -2.15. The molecule has 0 heterocycles. The van der Waals surface area contributed by atoms with Gasteiger partial charge < -0.3 is 9.84 Å². The number of phenolic OH excluding ortho intramolecular Hbond substituents is 1. The number of alkyl halides is 3. The molecule has 15 heavy (non-hydrogen) atoms. The molecule has 84 valence electrons. The number of hydrogen-bond acceptors (Lipinski definition) is 2. The van der Waals surface area contributed by atoms with E-state index >= 15 is 0 Å². The van der Waals surface area contributed by atoms with Gasteiger partial charge in [0.2, 0.25) is 0 Å². The van der Waals surface area contributed by atoms with Gasteiger partial charge in [-0.25, -0.2) is 0 Å². The average Bonchev–Trinajstić information content (AvgIpc) is 2.09. The number of aromatic hydroxyl groups is 1. The van der Waals surface area contributed by atoms with Crippen LogP contribution in [-0.4, -0.2) is 11.7 Å². The van der Waals surface area contributed by atoms with E-state index in [1.807, 2.05) is 0 Å². The maximum atomic E-state index is 12.6. The normalized spacial score (nSPS) is 11.5. The first kappa shape index (κ1) is 12.4. The Morgan fingerprint density at radius 2 is 2.00 bits per heavy atom. The number of benzene rings is 1. The molecule has 0 amide bonds. The van der Waals surface area contributed by atoms with Gasteiger partial charge in [-0.05, 0) is 41.6 Å². The van der Waals surface area contributed by atoms with E-state index in [1.54, 1.807) is 29.5 Å². The molecule has 0 fully saturated rings. The lowest BCUT2D eigenvalue weighted by Crippen LogP contribution is -2.10. The first-order chi connectivity index (χ1) is 6.88. The van der Waals surface area contributed by atoms with Crippen LogP contribution in [0.4, 0.5) is 13.2 Å². The lowest BCUT2D eigenvalue weighted by atomic mass is 10.1. The summed E-state index contributed by atoms with van der Waals surface area (Å²) >= 11 is 1.73. The van der Waals surface area contributed by atoms with Crippen LogP contribution in [0, 0.1) is 3.57 Å². The quantitative estimate of drug-likeness (QED) is 0.841. The Bertz CT molecular complexity index is 363. The summed E-state index contributed by atoms with van der Waals surface area (Å²) in [5, 5.41) is 9.17. The standard InChI is InChI=1S/C9H8F3IO2/c1-2-15-8-5(13)3-4-6(14)7(8)9(10,11)12/h3-4,14H,2H2,1H3. The molecule has 0 aliphatic carbocycles. The van der Waals surface area contributed by atoms with E-state index in [-0.39, 0.29) is 12.4 Å². The molecule has 6 heteroatoms. The maximum absolute atomic E-state index is 12.6. The fraction of sp³-hybridized carbons (Fsp3) is 0.333. The maximum Gasteiger partial charge on any atom is 0.423 e. The van der Waals surface area contributed by atoms with Crippen molar-refractivity contribution in [3.05, 3.63) is 21.3 Å². The second-order valence-electron chi connectivity index (χ2n) is 2.70. The van der Waals surface area contributed by atoms with Crippen LogP contribution in [0.5, 0.6) is 11.5 Å². The molecule has 0 saturated heterocycles. The number of rotatable bonds is 2. The zero-order chi connectivity index (χ0) is 11.6. The van der Waals surface area contributed by atoms with E-state index in [1.165, 1.54) is 6.07 Å². The van der Waals surface area contributed by atoms with Gasteiger partial charge in [-0.2, -0.15) is 13.2 Å². The highest BCUT2D eigenvalue weighted by atomic mass is 127. The van der Waals surface area contributed by atoms with E-state index in [2.05, 4.69) is 0 Å². The third-order valence-corrected chi connectivity index (χ3v) is 2.51. The summed E-state index contributed by atoms with van der Waals surface area (Å²) < 4.78 is 42.9. The lowest BCUT2D eigenvalue weighted by molar-refractivity contribution is -0.140. The van der Waals surface area contributed by atoms with Crippen LogP contribution in [0.15, 0.2) is 12.1 Å². The molecule has 0 spiro atoms. The summed E-state index contributed by atoms with van der Waals surface area (Å²) in [6.45, 7) is 1.70. The van der Waals surface area contributed by atoms with Crippen molar-refractivity contribution >= 4 is 22.6 Å². The van der Waals surface area contributed by atoms with Crippen LogP contribution >= 0.6 is 22.6 Å². The highest BCUT2D eigenvalue weighted by Crippen LogP contribution is 2.44. The summed E-state index contributed by atoms with van der Waals surface area (Å²) in [5.41, 5.74) is -1.11. The van der Waals surface area contributed by atoms with Gasteiger partial charge >= 0.3 is 6.18 Å². The minimum absolute atomic E-state index is 0.114. The second-order valence-corrected chi connectivity index (χ2v) is 3.86. The number of halogens is 4. The molecule has 1 aromatic carbocycles. The van der Waals surface area contributed by atoms with Gasteiger partial charge in [-0.15, -0.1) is 0 Å². The minimum atomic E-state index is -4.62. The van der Waals surface area contributed by atoms with Gasteiger partial charge in [-0.1, -0.05) is 0 Å². The molecular weight excluding hydrogens is 324 g/mol. The van der Waals surface area contributed by atoms with Crippen LogP contribution in [0.25, 0.3) is 0 Å². The van der Waals surface area contributed by atoms with Gasteiger partial charge in [0.25, 0.3) is 0 Å². The van der Waals surface area contributed by atoms with Crippen LogP contribution in [-0.2, 0) is 6.18 Å². The highest BCUT2D eigenvalue weighted by molar-refractivity contribution is 14.1. The van der Waals surface area contributed by atoms with E-state index in [0.717, 1.165) is 6.07 Å². The minimum Gasteiger partial charge on any atom is -0.507 e. The number of hydrogen-bond donors (Lipinski definition) is 1. The van der Waals surface area contributed by atoms with Crippen molar-refractivity contribution in [1.29, 1.82) is 0 Å². The Kier molecular flexibility index (Phi) is 3.69. The SMILES string of the molecule is CCOc1c(I)ccc(O)c1C(F)(F)F. The molecule has 0 aromatic heterocycles. The van der Waals surface area contributed by atoms with Crippen molar-refractivity contribution in [2.45, 2.75) is 13.1 Å². The van der Waals surface area contributed by atoms with Gasteiger partial charge in [-0.3, -0.25) is 0 Å². The molecule has 0 saturated carbocycles. The molecule has 0 aliphatic rings. The topological polar surface area (TPSA) is 29.5 Å². The first-order valence-corrected chi connectivity index (χ1v) is 5.17. The smallest absolute Gasteiger partial charge is 0.423 e. The summed E-state index contributed by atoms with van der Waals surface area (Å²) in [6, 6.07) is 2.38. The molecule has 0 aliphatic heterocycles. The molecular formula is C9H8F3IO2. The Hall–Kier alpha value is -0.660. The Labute approximate surface area is 98.2 Å². The Morgan fingerprint density at radius 3 is 2.47 bits per heavy atom. The van der Waals surface area contributed by atoms with Gasteiger partial charge in [0.1, 0.15) is 17.1 Å². The molecule has 0 atom stereocenters. The molecule has 1 rings (SSSR count). The van der Waals surface area contributed by atoms with Crippen LogP contribution in [0.1, 0.15) is 12.5 Å². The van der Waals surface area contributed by atoms with Gasteiger partial charge in [0.15, 0.2) is 0 Å². The van der Waals surface area contributed by atoms with Crippen molar-refractivity contribution < 1.29 is 23.0 Å².